The molecular formula is C33H45N3O9. The number of benzene rings is 2. The first-order chi connectivity index (χ1) is 21.9. The third-order valence-electron chi connectivity index (χ3n) is 7.21. The summed E-state index contributed by atoms with van der Waals surface area (Å²) < 4.78 is 27.9. The van der Waals surface area contributed by atoms with E-state index in [-0.39, 0.29) is 49.0 Å². The lowest BCUT2D eigenvalue weighted by Crippen LogP contribution is -2.39. The number of aliphatic hydroxyl groups is 1. The van der Waals surface area contributed by atoms with Crippen molar-refractivity contribution < 1.29 is 43.2 Å². The van der Waals surface area contributed by atoms with Gasteiger partial charge in [0.2, 0.25) is 12.2 Å². The number of nitrogens with two attached hydrogens (primary N) is 1. The number of hydrogen-bond acceptors (Lipinski definition) is 10. The maximum atomic E-state index is 13.2. The van der Waals surface area contributed by atoms with Gasteiger partial charge in [-0.15, -0.1) is 0 Å². The van der Waals surface area contributed by atoms with Crippen molar-refractivity contribution in [2.24, 2.45) is 5.92 Å². The summed E-state index contributed by atoms with van der Waals surface area (Å²) in [6.45, 7) is 3.93. The number of para-hydroxylation sites is 2. The highest BCUT2D eigenvalue weighted by Gasteiger charge is 2.38. The van der Waals surface area contributed by atoms with Crippen molar-refractivity contribution in [1.82, 2.24) is 5.32 Å². The molecule has 246 valence electrons. The molecule has 0 bridgehead atoms. The van der Waals surface area contributed by atoms with Crippen LogP contribution in [0, 0.1) is 5.92 Å². The maximum Gasteiger partial charge on any atom is 0.337 e. The number of amides is 2. The third kappa shape index (κ3) is 11.5. The third-order valence-corrected chi connectivity index (χ3v) is 7.21. The second-order valence-corrected chi connectivity index (χ2v) is 10.4. The van der Waals surface area contributed by atoms with E-state index in [1.54, 1.807) is 42.5 Å². The van der Waals surface area contributed by atoms with Crippen molar-refractivity contribution in [1.29, 1.82) is 0 Å². The molecule has 1 aliphatic rings. The van der Waals surface area contributed by atoms with Crippen molar-refractivity contribution in [2.75, 3.05) is 64.3 Å². The van der Waals surface area contributed by atoms with Crippen molar-refractivity contribution in [3.8, 4) is 0 Å². The lowest BCUT2D eigenvalue weighted by molar-refractivity contribution is -0.168. The standard InChI is InChI=1S/C33H45N3O9/c1-3-44-33-25(15-18-42-20-21-43-19-17-37)26(23-11-13-24(14-12-23)32(40)41-2)22-29(45-33)31(39)35-16-7-6-10-30(38)36-28-9-5-4-8-27(28)34/h4-5,8-9,11-14,22,25-26,33,37H,3,6-7,10,15-21,34H2,1-2H3,(H,35,39)(H,36,38)/t25-,26+,33+/m1/s1. The highest BCUT2D eigenvalue weighted by atomic mass is 16.7. The number of ether oxygens (including phenoxy) is 5. The Morgan fingerprint density at radius 2 is 1.71 bits per heavy atom. The molecule has 0 aliphatic carbocycles. The average Bonchev–Trinajstić information content (AvgIpc) is 3.05. The first kappa shape index (κ1) is 35.5. The number of rotatable bonds is 19. The topological polar surface area (TPSA) is 168 Å². The highest BCUT2D eigenvalue weighted by Crippen LogP contribution is 2.39. The molecule has 0 unspecified atom stereocenters. The van der Waals surface area contributed by atoms with E-state index in [0.29, 0.717) is 69.2 Å². The highest BCUT2D eigenvalue weighted by molar-refractivity contribution is 5.94. The van der Waals surface area contributed by atoms with Gasteiger partial charge in [-0.05, 0) is 62.1 Å². The fourth-order valence-corrected chi connectivity index (χ4v) is 4.91. The number of carbonyl (C=O) groups is 3. The molecule has 0 fully saturated rings. The molecular weight excluding hydrogens is 582 g/mol. The number of anilines is 2. The maximum absolute atomic E-state index is 13.2. The number of carbonyl (C=O) groups excluding carboxylic acids is 3. The van der Waals surface area contributed by atoms with Crippen LogP contribution in [0.15, 0.2) is 60.4 Å². The van der Waals surface area contributed by atoms with Crippen molar-refractivity contribution in [3.63, 3.8) is 0 Å². The second-order valence-electron chi connectivity index (χ2n) is 10.4. The first-order valence-corrected chi connectivity index (χ1v) is 15.2. The smallest absolute Gasteiger partial charge is 0.337 e. The average molecular weight is 628 g/mol. The summed E-state index contributed by atoms with van der Waals surface area (Å²) in [6, 6.07) is 14.1. The fourth-order valence-electron chi connectivity index (χ4n) is 4.91. The van der Waals surface area contributed by atoms with Crippen LogP contribution in [0.3, 0.4) is 0 Å². The van der Waals surface area contributed by atoms with E-state index < -0.39 is 12.3 Å². The molecule has 0 saturated carbocycles. The predicted octanol–water partition coefficient (Wildman–Crippen LogP) is 3.37. The number of aliphatic hydroxyl groups excluding tert-OH is 1. The van der Waals surface area contributed by atoms with Gasteiger partial charge in [-0.2, -0.15) is 0 Å². The minimum absolute atomic E-state index is 0.0457. The van der Waals surface area contributed by atoms with Crippen molar-refractivity contribution in [2.45, 2.75) is 44.8 Å². The van der Waals surface area contributed by atoms with E-state index in [9.17, 15) is 14.4 Å². The van der Waals surface area contributed by atoms with Crippen LogP contribution in [0.5, 0.6) is 0 Å². The number of methoxy groups -OCH3 is 1. The van der Waals surface area contributed by atoms with Crippen LogP contribution >= 0.6 is 0 Å². The van der Waals surface area contributed by atoms with E-state index in [2.05, 4.69) is 10.6 Å². The van der Waals surface area contributed by atoms with Gasteiger partial charge in [0.25, 0.3) is 5.91 Å². The predicted molar refractivity (Wildman–Crippen MR) is 168 cm³/mol. The van der Waals surface area contributed by atoms with Gasteiger partial charge in [0, 0.05) is 38.0 Å². The minimum Gasteiger partial charge on any atom is -0.465 e. The first-order valence-electron chi connectivity index (χ1n) is 15.2. The second kappa shape index (κ2) is 19.4. The molecule has 0 spiro atoms. The van der Waals surface area contributed by atoms with Gasteiger partial charge in [-0.1, -0.05) is 24.3 Å². The van der Waals surface area contributed by atoms with Crippen LogP contribution in [-0.2, 0) is 33.3 Å². The fraction of sp³-hybridized carbons (Fsp3) is 0.485. The molecule has 2 aromatic rings. The van der Waals surface area contributed by atoms with Gasteiger partial charge >= 0.3 is 5.97 Å². The van der Waals surface area contributed by atoms with E-state index in [4.69, 9.17) is 34.5 Å². The Labute approximate surface area is 264 Å². The zero-order chi connectivity index (χ0) is 32.4. The molecule has 2 aromatic carbocycles. The Morgan fingerprint density at radius 3 is 2.40 bits per heavy atom. The summed E-state index contributed by atoms with van der Waals surface area (Å²) in [7, 11) is 1.33. The molecule has 1 aliphatic heterocycles. The zero-order valence-electron chi connectivity index (χ0n) is 26.0. The molecule has 0 saturated heterocycles. The van der Waals surface area contributed by atoms with Crippen LogP contribution in [0.2, 0.25) is 0 Å². The summed E-state index contributed by atoms with van der Waals surface area (Å²) >= 11 is 0. The monoisotopic (exact) mass is 627 g/mol. The van der Waals surface area contributed by atoms with Crippen LogP contribution in [-0.4, -0.2) is 82.5 Å². The Balaban J connectivity index is 1.63. The van der Waals surface area contributed by atoms with Gasteiger partial charge in [0.15, 0.2) is 5.76 Å². The van der Waals surface area contributed by atoms with Crippen LogP contribution < -0.4 is 16.4 Å². The lowest BCUT2D eigenvalue weighted by Gasteiger charge is -2.37. The summed E-state index contributed by atoms with van der Waals surface area (Å²) in [5.41, 5.74) is 8.25. The summed E-state index contributed by atoms with van der Waals surface area (Å²) in [6.07, 6.45) is 3.08. The molecule has 3 rings (SSSR count). The SMILES string of the molecule is CCO[C@H]1OC(C(=O)NCCCCC(=O)Nc2ccccc2N)=C[C@@H](c2ccc(C(=O)OC)cc2)[C@H]1CCOCCOCCO. The van der Waals surface area contributed by atoms with Crippen LogP contribution in [0.1, 0.15) is 54.4 Å². The minimum atomic E-state index is -0.714. The molecule has 12 nitrogen and oxygen atoms in total. The number of esters is 1. The molecule has 12 heteroatoms. The van der Waals surface area contributed by atoms with Gasteiger partial charge in [0.05, 0.1) is 50.5 Å². The molecule has 45 heavy (non-hydrogen) atoms. The normalized spacial score (nSPS) is 17.6. The van der Waals surface area contributed by atoms with E-state index >= 15 is 0 Å². The lowest BCUT2D eigenvalue weighted by atomic mass is 9.81. The number of allylic oxidation sites excluding steroid dienone is 1. The molecule has 0 radical (unpaired) electrons. The van der Waals surface area contributed by atoms with Crippen molar-refractivity contribution >= 4 is 29.2 Å². The Hall–Kier alpha value is -3.97. The van der Waals surface area contributed by atoms with Gasteiger partial charge in [0.1, 0.15) is 0 Å². The Bertz CT molecular complexity index is 1250. The zero-order valence-corrected chi connectivity index (χ0v) is 26.0. The summed E-state index contributed by atoms with van der Waals surface area (Å²) in [4.78, 5) is 37.5. The Morgan fingerprint density at radius 1 is 0.978 bits per heavy atom. The Kier molecular flexibility index (Phi) is 15.3. The number of nitrogens with one attached hydrogen (secondary N) is 2. The molecule has 2 amide bonds. The van der Waals surface area contributed by atoms with Crippen LogP contribution in [0.4, 0.5) is 11.4 Å². The van der Waals surface area contributed by atoms with E-state index in [0.717, 1.165) is 5.56 Å². The van der Waals surface area contributed by atoms with E-state index in [1.807, 2.05) is 19.1 Å². The summed E-state index contributed by atoms with van der Waals surface area (Å²) in [5, 5.41) is 14.5. The van der Waals surface area contributed by atoms with Gasteiger partial charge in [-0.25, -0.2) is 4.79 Å². The van der Waals surface area contributed by atoms with Gasteiger partial charge in [-0.3, -0.25) is 9.59 Å². The molecule has 3 atom stereocenters. The summed E-state index contributed by atoms with van der Waals surface area (Å²) in [5.74, 6) is -1.29. The number of hydrogen-bond donors (Lipinski definition) is 4. The molecule has 1 heterocycles. The molecule has 0 aromatic heterocycles. The van der Waals surface area contributed by atoms with Gasteiger partial charge < -0.3 is 45.2 Å². The quantitative estimate of drug-likeness (QED) is 0.103. The van der Waals surface area contributed by atoms with E-state index in [1.165, 1.54) is 7.11 Å². The number of nitrogen functional groups attached to an aromatic ring is 1. The van der Waals surface area contributed by atoms with Crippen molar-refractivity contribution in [3.05, 3.63) is 71.5 Å². The largest absolute Gasteiger partial charge is 0.465 e. The number of unbranched alkanes of at least 4 members (excludes halogenated alkanes) is 1. The molecule has 5 N–H and O–H groups in total. The van der Waals surface area contributed by atoms with Crippen LogP contribution in [0.25, 0.3) is 0 Å².